The summed E-state index contributed by atoms with van der Waals surface area (Å²) in [6.07, 6.45) is 1.58. The van der Waals surface area contributed by atoms with Crippen LogP contribution >= 0.6 is 22.2 Å². The molecule has 1 heterocycles. The van der Waals surface area contributed by atoms with Crippen molar-refractivity contribution >= 4 is 29.8 Å². The van der Waals surface area contributed by atoms with Gasteiger partial charge in [-0.1, -0.05) is 0 Å². The Morgan fingerprint density at radius 3 is 2.90 bits per heavy atom. The molecule has 0 N–H and O–H groups in total. The van der Waals surface area contributed by atoms with Crippen molar-refractivity contribution in [3.63, 3.8) is 0 Å². The van der Waals surface area contributed by atoms with Gasteiger partial charge in [0.25, 0.3) is 0 Å². The molecule has 0 aliphatic carbocycles. The summed E-state index contributed by atoms with van der Waals surface area (Å²) >= 11 is 10.9. The van der Waals surface area contributed by atoms with Crippen LogP contribution in [-0.2, 0) is 11.0 Å². The van der Waals surface area contributed by atoms with Crippen molar-refractivity contribution in [2.75, 3.05) is 0 Å². The Hall–Kier alpha value is 0.0369. The van der Waals surface area contributed by atoms with E-state index in [-0.39, 0.29) is 0 Å². The van der Waals surface area contributed by atoms with Crippen LogP contribution in [0.1, 0.15) is 5.76 Å². The highest BCUT2D eigenvalue weighted by molar-refractivity contribution is 7.30. The van der Waals surface area contributed by atoms with Crippen LogP contribution < -0.4 is 0 Å². The molecule has 0 unspecified atom stereocenters. The van der Waals surface area contributed by atoms with Crippen molar-refractivity contribution in [3.05, 3.63) is 24.2 Å². The van der Waals surface area contributed by atoms with Crippen LogP contribution in [0.25, 0.3) is 0 Å². The predicted octanol–water partition coefficient (Wildman–Crippen LogP) is 1.99. The van der Waals surface area contributed by atoms with E-state index in [0.29, 0.717) is 6.61 Å². The Kier molecular flexibility index (Phi) is 3.28. The summed E-state index contributed by atoms with van der Waals surface area (Å²) in [5.74, 6) is 0.749. The van der Waals surface area contributed by atoms with Crippen LogP contribution in [0.4, 0.5) is 0 Å². The van der Waals surface area contributed by atoms with Crippen LogP contribution in [0.3, 0.4) is 0 Å². The van der Waals surface area contributed by atoms with E-state index < -0.39 is 7.66 Å². The highest BCUT2D eigenvalue weighted by Crippen LogP contribution is 2.05. The standard InChI is InChI=1S/C5H6Cl2O2Si/c6-10(7)9-4-5-2-1-3-8-5/h1-3,10H,4H2. The second-order valence-corrected chi connectivity index (χ2v) is 5.55. The molecule has 10 heavy (non-hydrogen) atoms. The average Bonchev–Trinajstić information content (AvgIpc) is 2.34. The largest absolute Gasteiger partial charge is 0.467 e. The van der Waals surface area contributed by atoms with Crippen LogP contribution in [-0.4, -0.2) is 7.66 Å². The Morgan fingerprint density at radius 2 is 2.40 bits per heavy atom. The summed E-state index contributed by atoms with van der Waals surface area (Å²) in [5.41, 5.74) is 0. The van der Waals surface area contributed by atoms with Crippen LogP contribution in [0.15, 0.2) is 22.8 Å². The minimum atomic E-state index is -1.93. The molecule has 5 heteroatoms. The Morgan fingerprint density at radius 1 is 1.60 bits per heavy atom. The summed E-state index contributed by atoms with van der Waals surface area (Å²) in [6.45, 7) is 0.372. The van der Waals surface area contributed by atoms with E-state index in [1.165, 1.54) is 0 Å². The summed E-state index contributed by atoms with van der Waals surface area (Å²) in [6, 6.07) is 3.60. The topological polar surface area (TPSA) is 22.4 Å². The molecule has 0 atom stereocenters. The molecule has 1 rings (SSSR count). The molecule has 0 aliphatic rings. The van der Waals surface area contributed by atoms with E-state index in [4.69, 9.17) is 31.0 Å². The van der Waals surface area contributed by atoms with E-state index in [1.807, 2.05) is 6.07 Å². The average molecular weight is 197 g/mol. The first kappa shape index (κ1) is 8.14. The van der Waals surface area contributed by atoms with Crippen molar-refractivity contribution in [1.29, 1.82) is 0 Å². The molecule has 0 amide bonds. The second-order valence-electron chi connectivity index (χ2n) is 1.65. The summed E-state index contributed by atoms with van der Waals surface area (Å²) < 4.78 is 9.93. The molecule has 0 saturated carbocycles. The zero-order valence-electron chi connectivity index (χ0n) is 5.09. The number of halogens is 2. The highest BCUT2D eigenvalue weighted by atomic mass is 35.7. The molecule has 0 saturated heterocycles. The fraction of sp³-hybridized carbons (Fsp3) is 0.200. The zero-order valence-corrected chi connectivity index (χ0v) is 7.76. The molecule has 0 aliphatic heterocycles. The fourth-order valence-electron chi connectivity index (χ4n) is 0.540. The molecular weight excluding hydrogens is 191 g/mol. The zero-order chi connectivity index (χ0) is 7.40. The predicted molar refractivity (Wildman–Crippen MR) is 42.4 cm³/mol. The summed E-state index contributed by atoms with van der Waals surface area (Å²) in [4.78, 5) is 0. The van der Waals surface area contributed by atoms with Crippen molar-refractivity contribution in [2.45, 2.75) is 6.61 Å². The third-order valence-electron chi connectivity index (χ3n) is 0.932. The molecule has 1 aromatic rings. The number of rotatable bonds is 3. The van der Waals surface area contributed by atoms with Gasteiger partial charge in [0.15, 0.2) is 0 Å². The Labute approximate surface area is 69.8 Å². The summed E-state index contributed by atoms with van der Waals surface area (Å²) in [7, 11) is -1.93. The molecule has 1 aromatic heterocycles. The van der Waals surface area contributed by atoms with Crippen molar-refractivity contribution in [2.24, 2.45) is 0 Å². The van der Waals surface area contributed by atoms with E-state index >= 15 is 0 Å². The third kappa shape index (κ3) is 2.75. The maximum Gasteiger partial charge on any atom is 0.373 e. The minimum Gasteiger partial charge on any atom is -0.467 e. The quantitative estimate of drug-likeness (QED) is 0.546. The molecule has 0 aromatic carbocycles. The monoisotopic (exact) mass is 196 g/mol. The van der Waals surface area contributed by atoms with Gasteiger partial charge >= 0.3 is 7.66 Å². The first-order valence-electron chi connectivity index (χ1n) is 2.71. The molecule has 0 fully saturated rings. The Balaban J connectivity index is 2.28. The number of hydrogen-bond donors (Lipinski definition) is 0. The van der Waals surface area contributed by atoms with Gasteiger partial charge in [-0.2, -0.15) is 0 Å². The van der Waals surface area contributed by atoms with Crippen molar-refractivity contribution < 1.29 is 8.84 Å². The smallest absolute Gasteiger partial charge is 0.373 e. The van der Waals surface area contributed by atoms with Gasteiger partial charge < -0.3 is 8.84 Å². The van der Waals surface area contributed by atoms with E-state index in [9.17, 15) is 0 Å². The maximum atomic E-state index is 5.44. The maximum absolute atomic E-state index is 5.44. The Bertz CT molecular complexity index is 176. The fourth-order valence-corrected chi connectivity index (χ4v) is 1.21. The van der Waals surface area contributed by atoms with Crippen LogP contribution in [0.2, 0.25) is 0 Å². The molecule has 56 valence electrons. The number of furan rings is 1. The van der Waals surface area contributed by atoms with Gasteiger partial charge in [-0.05, 0) is 12.1 Å². The second kappa shape index (κ2) is 4.03. The van der Waals surface area contributed by atoms with Gasteiger partial charge in [0.1, 0.15) is 5.76 Å². The van der Waals surface area contributed by atoms with Gasteiger partial charge in [-0.25, -0.2) is 0 Å². The molecule has 0 bridgehead atoms. The lowest BCUT2D eigenvalue weighted by Gasteiger charge is -1.98. The van der Waals surface area contributed by atoms with E-state index in [2.05, 4.69) is 0 Å². The lowest BCUT2D eigenvalue weighted by Crippen LogP contribution is -2.00. The molecular formula is C5H6Cl2O2Si. The van der Waals surface area contributed by atoms with Crippen molar-refractivity contribution in [1.82, 2.24) is 0 Å². The van der Waals surface area contributed by atoms with Gasteiger partial charge in [-0.3, -0.25) is 0 Å². The van der Waals surface area contributed by atoms with Crippen LogP contribution in [0.5, 0.6) is 0 Å². The molecule has 0 spiro atoms. The first-order valence-corrected chi connectivity index (χ1v) is 6.67. The molecule has 2 nitrogen and oxygen atoms in total. The van der Waals surface area contributed by atoms with Crippen LogP contribution in [0, 0.1) is 0 Å². The van der Waals surface area contributed by atoms with Gasteiger partial charge in [0.05, 0.1) is 12.9 Å². The molecule has 0 radical (unpaired) electrons. The van der Waals surface area contributed by atoms with Crippen molar-refractivity contribution in [3.8, 4) is 0 Å². The minimum absolute atomic E-state index is 0.372. The highest BCUT2D eigenvalue weighted by Gasteiger charge is 2.02. The van der Waals surface area contributed by atoms with Gasteiger partial charge in [0.2, 0.25) is 0 Å². The van der Waals surface area contributed by atoms with Gasteiger partial charge in [0, 0.05) is 0 Å². The van der Waals surface area contributed by atoms with E-state index in [0.717, 1.165) is 5.76 Å². The van der Waals surface area contributed by atoms with E-state index in [1.54, 1.807) is 12.3 Å². The lowest BCUT2D eigenvalue weighted by atomic mass is 10.5. The lowest BCUT2D eigenvalue weighted by molar-refractivity contribution is 0.287. The summed E-state index contributed by atoms with van der Waals surface area (Å²) in [5, 5.41) is 0. The van der Waals surface area contributed by atoms with Gasteiger partial charge in [-0.15, -0.1) is 22.2 Å². The first-order chi connectivity index (χ1) is 4.79. The number of hydrogen-bond acceptors (Lipinski definition) is 2. The SMILES string of the molecule is Cl[SiH](Cl)OCc1ccco1. The normalized spacial score (nSPS) is 10.7. The third-order valence-corrected chi connectivity index (χ3v) is 2.11.